The fourth-order valence-corrected chi connectivity index (χ4v) is 5.05. The maximum atomic E-state index is 13.6. The summed E-state index contributed by atoms with van der Waals surface area (Å²) in [4.78, 5) is 13.1. The van der Waals surface area contributed by atoms with Gasteiger partial charge >= 0.3 is 0 Å². The minimum Gasteiger partial charge on any atom is -0.461 e. The molecule has 8 nitrogen and oxygen atoms in total. The van der Waals surface area contributed by atoms with Gasteiger partial charge < -0.3 is 19.2 Å². The number of nitrogens with one attached hydrogen (secondary N) is 1. The smallest absolute Gasteiger partial charge is 0.251 e. The van der Waals surface area contributed by atoms with Crippen molar-refractivity contribution in [3.8, 4) is 28.8 Å². The molecule has 190 valence electrons. The Kier molecular flexibility index (Phi) is 6.53. The van der Waals surface area contributed by atoms with E-state index in [1.54, 1.807) is 36.6 Å². The molecule has 0 atom stereocenters. The Balaban J connectivity index is 1.21. The van der Waals surface area contributed by atoms with Gasteiger partial charge in [0.15, 0.2) is 22.4 Å². The van der Waals surface area contributed by atoms with Crippen molar-refractivity contribution >= 4 is 17.7 Å². The van der Waals surface area contributed by atoms with E-state index < -0.39 is 0 Å². The van der Waals surface area contributed by atoms with Crippen LogP contribution in [0, 0.1) is 5.82 Å². The van der Waals surface area contributed by atoms with Crippen LogP contribution in [0.4, 0.5) is 4.39 Å². The average molecular weight is 529 g/mol. The summed E-state index contributed by atoms with van der Waals surface area (Å²) in [7, 11) is 0. The summed E-state index contributed by atoms with van der Waals surface area (Å²) >= 11 is 1.42. The second kappa shape index (κ2) is 10.4. The van der Waals surface area contributed by atoms with E-state index in [1.165, 1.54) is 23.9 Å². The van der Waals surface area contributed by atoms with Crippen LogP contribution in [0.2, 0.25) is 0 Å². The summed E-state index contributed by atoms with van der Waals surface area (Å²) in [6, 6.07) is 22.7. The van der Waals surface area contributed by atoms with Gasteiger partial charge in [0.2, 0.25) is 12.6 Å². The van der Waals surface area contributed by atoms with E-state index in [9.17, 15) is 9.18 Å². The van der Waals surface area contributed by atoms with Gasteiger partial charge in [-0.05, 0) is 65.7 Å². The van der Waals surface area contributed by atoms with Crippen LogP contribution < -0.4 is 14.8 Å². The summed E-state index contributed by atoms with van der Waals surface area (Å²) in [5.74, 6) is 2.35. The zero-order valence-electron chi connectivity index (χ0n) is 20.0. The van der Waals surface area contributed by atoms with Crippen LogP contribution in [-0.4, -0.2) is 27.5 Å². The van der Waals surface area contributed by atoms with E-state index >= 15 is 0 Å². The van der Waals surface area contributed by atoms with Crippen molar-refractivity contribution in [3.63, 3.8) is 0 Å². The number of fused-ring (bicyclic) bond motifs is 1. The van der Waals surface area contributed by atoms with Crippen LogP contribution in [0.3, 0.4) is 0 Å². The Morgan fingerprint density at radius 2 is 1.82 bits per heavy atom. The lowest BCUT2D eigenvalue weighted by molar-refractivity contribution is 0.0950. The molecule has 38 heavy (non-hydrogen) atoms. The number of rotatable bonds is 8. The molecule has 0 radical (unpaired) electrons. The largest absolute Gasteiger partial charge is 0.461 e. The fraction of sp³-hybridized carbons (Fsp3) is 0.107. The molecule has 0 saturated heterocycles. The van der Waals surface area contributed by atoms with Gasteiger partial charge in [0.1, 0.15) is 5.82 Å². The first-order valence-electron chi connectivity index (χ1n) is 11.8. The molecule has 1 aliphatic heterocycles. The summed E-state index contributed by atoms with van der Waals surface area (Å²) in [6.45, 7) is 0.552. The molecule has 1 N–H and O–H groups in total. The van der Waals surface area contributed by atoms with Crippen molar-refractivity contribution in [2.24, 2.45) is 0 Å². The van der Waals surface area contributed by atoms with Gasteiger partial charge in [0.05, 0.1) is 12.0 Å². The number of furan rings is 1. The van der Waals surface area contributed by atoms with E-state index in [-0.39, 0.29) is 18.5 Å². The van der Waals surface area contributed by atoms with Crippen molar-refractivity contribution in [2.45, 2.75) is 17.5 Å². The summed E-state index contributed by atoms with van der Waals surface area (Å²) in [5, 5.41) is 12.3. The Morgan fingerprint density at radius 1 is 0.974 bits per heavy atom. The van der Waals surface area contributed by atoms with Gasteiger partial charge in [-0.1, -0.05) is 36.0 Å². The van der Waals surface area contributed by atoms with E-state index in [2.05, 4.69) is 15.5 Å². The number of benzene rings is 3. The number of halogens is 1. The molecular formula is C28H21FN4O4S. The number of hydrogen-bond acceptors (Lipinski definition) is 7. The van der Waals surface area contributed by atoms with Crippen molar-refractivity contribution in [1.82, 2.24) is 20.1 Å². The maximum Gasteiger partial charge on any atom is 0.251 e. The molecule has 0 saturated carbocycles. The molecule has 0 aliphatic carbocycles. The molecule has 0 unspecified atom stereocenters. The maximum absolute atomic E-state index is 13.6. The van der Waals surface area contributed by atoms with Crippen molar-refractivity contribution < 1.29 is 23.1 Å². The van der Waals surface area contributed by atoms with Crippen LogP contribution in [-0.2, 0) is 12.3 Å². The van der Waals surface area contributed by atoms with Crippen molar-refractivity contribution in [1.29, 1.82) is 0 Å². The molecule has 10 heteroatoms. The number of nitrogens with zero attached hydrogens (tertiary/aromatic N) is 3. The Morgan fingerprint density at radius 3 is 2.66 bits per heavy atom. The Labute approximate surface area is 221 Å². The van der Waals surface area contributed by atoms with Crippen LogP contribution in [0.15, 0.2) is 94.7 Å². The molecule has 2 aromatic heterocycles. The Hall–Kier alpha value is -4.57. The number of ether oxygens (including phenoxy) is 2. The zero-order valence-corrected chi connectivity index (χ0v) is 20.8. The third-order valence-electron chi connectivity index (χ3n) is 5.97. The highest BCUT2D eigenvalue weighted by atomic mass is 32.2. The number of amides is 1. The topological polar surface area (TPSA) is 91.4 Å². The summed E-state index contributed by atoms with van der Waals surface area (Å²) in [5.41, 5.74) is 3.01. The van der Waals surface area contributed by atoms with Crippen LogP contribution in [0.1, 0.15) is 21.5 Å². The second-order valence-electron chi connectivity index (χ2n) is 8.41. The molecule has 0 fully saturated rings. The summed E-state index contributed by atoms with van der Waals surface area (Å²) < 4.78 is 31.7. The first-order chi connectivity index (χ1) is 18.7. The third-order valence-corrected chi connectivity index (χ3v) is 6.95. The number of carbonyl (C=O) groups excluding carboxylic acids is 1. The lowest BCUT2D eigenvalue weighted by Crippen LogP contribution is -2.23. The molecule has 1 amide bonds. The highest BCUT2D eigenvalue weighted by Crippen LogP contribution is 2.33. The van der Waals surface area contributed by atoms with Gasteiger partial charge in [0, 0.05) is 17.9 Å². The van der Waals surface area contributed by atoms with Gasteiger partial charge in [-0.2, -0.15) is 0 Å². The van der Waals surface area contributed by atoms with Gasteiger partial charge in [-0.15, -0.1) is 10.2 Å². The van der Waals surface area contributed by atoms with Crippen LogP contribution in [0.25, 0.3) is 17.3 Å². The molecule has 0 spiro atoms. The van der Waals surface area contributed by atoms with E-state index in [0.29, 0.717) is 51.8 Å². The lowest BCUT2D eigenvalue weighted by atomic mass is 10.1. The molecule has 0 bridgehead atoms. The predicted octanol–water partition coefficient (Wildman–Crippen LogP) is 5.62. The quantitative estimate of drug-likeness (QED) is 0.262. The van der Waals surface area contributed by atoms with E-state index in [1.807, 2.05) is 41.0 Å². The first-order valence-corrected chi connectivity index (χ1v) is 12.8. The standard InChI is InChI=1S/C28H21FN4O4S/c29-20-8-10-21(11-9-20)33-26(24-6-3-13-35-24)31-32-28(33)38-16-19-4-1-2-5-22(19)27(34)30-15-18-7-12-23-25(14-18)37-17-36-23/h1-14H,15-17H2,(H,30,34). The molecule has 6 rings (SSSR count). The van der Waals surface area contributed by atoms with Gasteiger partial charge in [-0.25, -0.2) is 4.39 Å². The lowest BCUT2D eigenvalue weighted by Gasteiger charge is -2.12. The highest BCUT2D eigenvalue weighted by molar-refractivity contribution is 7.98. The van der Waals surface area contributed by atoms with Gasteiger partial charge in [0.25, 0.3) is 5.91 Å². The summed E-state index contributed by atoms with van der Waals surface area (Å²) in [6.07, 6.45) is 1.56. The first kappa shape index (κ1) is 23.8. The van der Waals surface area contributed by atoms with Crippen LogP contribution >= 0.6 is 11.8 Å². The number of thioether (sulfide) groups is 1. The SMILES string of the molecule is O=C(NCc1ccc2c(c1)OCO2)c1ccccc1CSc1nnc(-c2ccco2)n1-c1ccc(F)cc1. The molecule has 1 aliphatic rings. The number of hydrogen-bond donors (Lipinski definition) is 1. The van der Waals surface area contributed by atoms with E-state index in [0.717, 1.165) is 11.1 Å². The van der Waals surface area contributed by atoms with E-state index in [4.69, 9.17) is 13.9 Å². The average Bonchev–Trinajstić information content (AvgIpc) is 3.72. The van der Waals surface area contributed by atoms with Crippen LogP contribution in [0.5, 0.6) is 11.5 Å². The molecular weight excluding hydrogens is 507 g/mol. The van der Waals surface area contributed by atoms with Crippen molar-refractivity contribution in [3.05, 3.63) is 108 Å². The van der Waals surface area contributed by atoms with Gasteiger partial charge in [-0.3, -0.25) is 9.36 Å². The zero-order chi connectivity index (χ0) is 25.9. The fourth-order valence-electron chi connectivity index (χ4n) is 4.09. The molecule has 5 aromatic rings. The highest BCUT2D eigenvalue weighted by Gasteiger charge is 2.20. The van der Waals surface area contributed by atoms with Crippen molar-refractivity contribution in [2.75, 3.05) is 6.79 Å². The monoisotopic (exact) mass is 528 g/mol. The third kappa shape index (κ3) is 4.85. The minimum absolute atomic E-state index is 0.185. The minimum atomic E-state index is -0.337. The molecule has 3 heterocycles. The normalized spacial score (nSPS) is 12.0. The predicted molar refractivity (Wildman–Crippen MR) is 139 cm³/mol. The number of aromatic nitrogens is 3. The second-order valence-corrected chi connectivity index (χ2v) is 9.35. The molecule has 3 aromatic carbocycles. The Bertz CT molecular complexity index is 1590. The number of carbonyl (C=O) groups is 1.